The minimum absolute atomic E-state index is 0.0382. The molecule has 0 aromatic heterocycles. The topological polar surface area (TPSA) is 114 Å². The number of rotatable bonds is 11. The SMILES string of the molecule is COc1ccc2c(c1)C(c1ccccc1)=N[C@H](NC(=O)C(CCC(F)(F)F)C(CCC(F)(F)F)C(N)=O)C(=O)N2CC(F)(F)F. The molecule has 2 aromatic carbocycles. The second kappa shape index (κ2) is 13.8. The Bertz CT molecular complexity index is 1410. The van der Waals surface area contributed by atoms with Crippen LogP contribution in [0, 0.1) is 11.8 Å². The number of carbonyl (C=O) groups excluding carboxylic acids is 3. The standard InChI is InChI=1S/C28H27F9N4O4/c1-45-16-7-8-20-19(13-16)21(15-5-3-2-4-6-15)39-23(25(44)41(20)14-28(35,36)37)40-24(43)18(10-12-27(32,33)34)17(22(38)42)9-11-26(29,30)31/h2-8,13,17-18,23H,9-12,14H2,1H3,(H2,38,42)(H,40,43)/t17?,18?,23-/m1/s1. The number of carbonyl (C=O) groups is 3. The monoisotopic (exact) mass is 654 g/mol. The fraction of sp³-hybridized carbons (Fsp3) is 0.429. The molecule has 3 amide bonds. The van der Waals surface area contributed by atoms with Crippen LogP contribution in [0.3, 0.4) is 0 Å². The number of aliphatic imine (C=N–C) groups is 1. The van der Waals surface area contributed by atoms with Gasteiger partial charge in [0.25, 0.3) is 5.91 Å². The highest BCUT2D eigenvalue weighted by atomic mass is 19.4. The summed E-state index contributed by atoms with van der Waals surface area (Å²) in [7, 11) is 1.27. The van der Waals surface area contributed by atoms with Gasteiger partial charge in [-0.25, -0.2) is 4.99 Å². The molecule has 3 atom stereocenters. The van der Waals surface area contributed by atoms with E-state index in [0.29, 0.717) is 0 Å². The molecular formula is C28H27F9N4O4. The van der Waals surface area contributed by atoms with Crippen LogP contribution in [0.1, 0.15) is 36.8 Å². The first-order chi connectivity index (χ1) is 20.8. The minimum atomic E-state index is -4.98. The third-order valence-corrected chi connectivity index (χ3v) is 6.84. The number of nitrogens with zero attached hydrogens (tertiary/aromatic N) is 2. The van der Waals surface area contributed by atoms with Crippen molar-refractivity contribution in [3.8, 4) is 5.75 Å². The molecule has 0 saturated heterocycles. The highest BCUT2D eigenvalue weighted by Gasteiger charge is 2.43. The van der Waals surface area contributed by atoms with Gasteiger partial charge in [0, 0.05) is 35.8 Å². The van der Waals surface area contributed by atoms with Gasteiger partial charge in [-0.1, -0.05) is 30.3 Å². The van der Waals surface area contributed by atoms with Crippen molar-refractivity contribution >= 4 is 29.1 Å². The summed E-state index contributed by atoms with van der Waals surface area (Å²) < 4.78 is 125. The van der Waals surface area contributed by atoms with Gasteiger partial charge in [-0.15, -0.1) is 0 Å². The largest absolute Gasteiger partial charge is 0.497 e. The van der Waals surface area contributed by atoms with Gasteiger partial charge in [-0.05, 0) is 31.0 Å². The first-order valence-corrected chi connectivity index (χ1v) is 13.2. The van der Waals surface area contributed by atoms with Crippen molar-refractivity contribution in [3.05, 3.63) is 59.7 Å². The van der Waals surface area contributed by atoms with Gasteiger partial charge >= 0.3 is 18.5 Å². The van der Waals surface area contributed by atoms with Crippen molar-refractivity contribution in [2.75, 3.05) is 18.6 Å². The van der Waals surface area contributed by atoms with Crippen LogP contribution in [0.25, 0.3) is 0 Å². The molecule has 0 spiro atoms. The molecule has 17 heteroatoms. The Hall–Kier alpha value is -4.31. The molecule has 2 unspecified atom stereocenters. The number of benzene rings is 2. The van der Waals surface area contributed by atoms with Crippen LogP contribution in [-0.4, -0.2) is 61.8 Å². The van der Waals surface area contributed by atoms with Crippen LogP contribution >= 0.6 is 0 Å². The zero-order chi connectivity index (χ0) is 33.7. The van der Waals surface area contributed by atoms with E-state index in [2.05, 4.69) is 4.99 Å². The van der Waals surface area contributed by atoms with Gasteiger partial charge in [0.05, 0.1) is 18.5 Å². The quantitative estimate of drug-likeness (QED) is 0.321. The number of nitrogens with two attached hydrogens (primary N) is 1. The van der Waals surface area contributed by atoms with Crippen LogP contribution in [0.4, 0.5) is 45.2 Å². The van der Waals surface area contributed by atoms with Gasteiger partial charge in [0.2, 0.25) is 18.0 Å². The number of methoxy groups -OCH3 is 1. The van der Waals surface area contributed by atoms with Crippen molar-refractivity contribution in [2.24, 2.45) is 22.6 Å². The van der Waals surface area contributed by atoms with E-state index in [4.69, 9.17) is 10.5 Å². The maximum absolute atomic E-state index is 13.7. The van der Waals surface area contributed by atoms with Crippen LogP contribution in [-0.2, 0) is 14.4 Å². The minimum Gasteiger partial charge on any atom is -0.497 e. The van der Waals surface area contributed by atoms with Crippen molar-refractivity contribution in [3.63, 3.8) is 0 Å². The molecular weight excluding hydrogens is 627 g/mol. The number of ether oxygens (including phenoxy) is 1. The van der Waals surface area contributed by atoms with Crippen LogP contribution < -0.4 is 20.7 Å². The summed E-state index contributed by atoms with van der Waals surface area (Å²) in [4.78, 5) is 43.6. The van der Waals surface area contributed by atoms with E-state index in [1.54, 1.807) is 6.07 Å². The van der Waals surface area contributed by atoms with Crippen molar-refractivity contribution in [1.82, 2.24) is 5.32 Å². The lowest BCUT2D eigenvalue weighted by atomic mass is 9.83. The van der Waals surface area contributed by atoms with Crippen LogP contribution in [0.5, 0.6) is 5.75 Å². The number of fused-ring (bicyclic) bond motifs is 1. The summed E-state index contributed by atoms with van der Waals surface area (Å²) >= 11 is 0. The first kappa shape index (κ1) is 35.2. The number of nitrogens with one attached hydrogen (secondary N) is 1. The number of amides is 3. The molecule has 45 heavy (non-hydrogen) atoms. The van der Waals surface area contributed by atoms with Gasteiger partial charge in [0.1, 0.15) is 12.3 Å². The van der Waals surface area contributed by atoms with E-state index in [1.165, 1.54) is 43.5 Å². The second-order valence-electron chi connectivity index (χ2n) is 10.1. The Balaban J connectivity index is 2.15. The van der Waals surface area contributed by atoms with Crippen molar-refractivity contribution in [2.45, 2.75) is 50.4 Å². The fourth-order valence-electron chi connectivity index (χ4n) is 4.79. The van der Waals surface area contributed by atoms with Crippen molar-refractivity contribution in [1.29, 1.82) is 0 Å². The fourth-order valence-corrected chi connectivity index (χ4v) is 4.79. The molecule has 1 aliphatic rings. The molecule has 1 heterocycles. The average Bonchev–Trinajstić information content (AvgIpc) is 3.03. The molecule has 0 fully saturated rings. The van der Waals surface area contributed by atoms with E-state index in [0.717, 1.165) is 6.07 Å². The summed E-state index contributed by atoms with van der Waals surface area (Å²) in [5, 5.41) is 1.98. The first-order valence-electron chi connectivity index (χ1n) is 13.2. The van der Waals surface area contributed by atoms with Crippen LogP contribution in [0.15, 0.2) is 53.5 Å². The summed E-state index contributed by atoms with van der Waals surface area (Å²) in [6, 6.07) is 11.3. The third kappa shape index (κ3) is 9.84. The smallest absolute Gasteiger partial charge is 0.406 e. The Labute approximate surface area is 250 Å². The molecule has 1 aliphatic heterocycles. The number of primary amides is 1. The maximum atomic E-state index is 13.7. The van der Waals surface area contributed by atoms with E-state index < -0.39 is 86.5 Å². The van der Waals surface area contributed by atoms with Gasteiger partial charge in [-0.3, -0.25) is 19.3 Å². The summed E-state index contributed by atoms with van der Waals surface area (Å²) in [5.41, 5.74) is 4.99. The molecule has 0 radical (unpaired) electrons. The van der Waals surface area contributed by atoms with E-state index in [9.17, 15) is 53.9 Å². The number of anilines is 1. The second-order valence-corrected chi connectivity index (χ2v) is 10.1. The van der Waals surface area contributed by atoms with E-state index >= 15 is 0 Å². The molecule has 3 N–H and O–H groups in total. The summed E-state index contributed by atoms with van der Waals surface area (Å²) in [5.74, 6) is -8.56. The molecule has 2 aromatic rings. The third-order valence-electron chi connectivity index (χ3n) is 6.84. The number of alkyl halides is 9. The van der Waals surface area contributed by atoms with Gasteiger partial charge in [-0.2, -0.15) is 39.5 Å². The van der Waals surface area contributed by atoms with Crippen LogP contribution in [0.2, 0.25) is 0 Å². The number of hydrogen-bond acceptors (Lipinski definition) is 5. The average molecular weight is 655 g/mol. The Kier molecular flexibility index (Phi) is 10.8. The lowest BCUT2D eigenvalue weighted by molar-refractivity contribution is -0.152. The number of hydrogen-bond donors (Lipinski definition) is 2. The van der Waals surface area contributed by atoms with E-state index in [-0.39, 0.29) is 33.2 Å². The van der Waals surface area contributed by atoms with Crippen molar-refractivity contribution < 1.29 is 58.6 Å². The molecule has 0 saturated carbocycles. The molecule has 8 nitrogen and oxygen atoms in total. The maximum Gasteiger partial charge on any atom is 0.406 e. The molecule has 0 aliphatic carbocycles. The lowest BCUT2D eigenvalue weighted by Gasteiger charge is -2.29. The zero-order valence-corrected chi connectivity index (χ0v) is 23.4. The van der Waals surface area contributed by atoms with Gasteiger partial charge < -0.3 is 15.8 Å². The molecule has 246 valence electrons. The Morgan fingerprint density at radius 3 is 2.00 bits per heavy atom. The zero-order valence-electron chi connectivity index (χ0n) is 23.4. The molecule has 0 bridgehead atoms. The predicted molar refractivity (Wildman–Crippen MR) is 142 cm³/mol. The van der Waals surface area contributed by atoms with E-state index in [1.807, 2.05) is 5.32 Å². The number of benzodiazepines with no additional fused rings is 1. The highest BCUT2D eigenvalue weighted by molar-refractivity contribution is 6.20. The number of halogens is 9. The Morgan fingerprint density at radius 2 is 1.49 bits per heavy atom. The molecule has 3 rings (SSSR count). The normalized spacial score (nSPS) is 17.1. The summed E-state index contributed by atoms with van der Waals surface area (Å²) in [6.45, 7) is -1.87. The highest BCUT2D eigenvalue weighted by Crippen LogP contribution is 2.35. The lowest BCUT2D eigenvalue weighted by Crippen LogP contribution is -2.52. The Morgan fingerprint density at radius 1 is 0.911 bits per heavy atom. The predicted octanol–water partition coefficient (Wildman–Crippen LogP) is 5.29. The summed E-state index contributed by atoms with van der Waals surface area (Å²) in [6.07, 6.45) is -22.7. The van der Waals surface area contributed by atoms with Gasteiger partial charge in [0.15, 0.2) is 0 Å².